The van der Waals surface area contributed by atoms with Crippen molar-refractivity contribution in [2.24, 2.45) is 0 Å². The summed E-state index contributed by atoms with van der Waals surface area (Å²) in [4.78, 5) is 15.8. The second kappa shape index (κ2) is 8.13. The summed E-state index contributed by atoms with van der Waals surface area (Å²) in [6.07, 6.45) is 3.43. The van der Waals surface area contributed by atoms with Gasteiger partial charge in [0.05, 0.1) is 16.6 Å². The first-order chi connectivity index (χ1) is 10.6. The lowest BCUT2D eigenvalue weighted by Gasteiger charge is -2.15. The van der Waals surface area contributed by atoms with E-state index in [0.717, 1.165) is 11.1 Å². The van der Waals surface area contributed by atoms with Gasteiger partial charge in [-0.25, -0.2) is 0 Å². The number of nitrogens with one attached hydrogen (secondary N) is 2. The molecule has 0 fully saturated rings. The molecule has 116 valence electrons. The third-order valence-corrected chi connectivity index (χ3v) is 3.96. The van der Waals surface area contributed by atoms with Gasteiger partial charge in [0.15, 0.2) is 0 Å². The summed E-state index contributed by atoms with van der Waals surface area (Å²) in [5.74, 6) is -0.0734. The van der Waals surface area contributed by atoms with Crippen molar-refractivity contribution in [3.8, 4) is 0 Å². The zero-order valence-corrected chi connectivity index (χ0v) is 13.7. The molecule has 6 heteroatoms. The highest BCUT2D eigenvalue weighted by Crippen LogP contribution is 2.25. The lowest BCUT2D eigenvalue weighted by Crippen LogP contribution is -2.34. The molecule has 0 spiro atoms. The number of pyridine rings is 1. The zero-order valence-electron chi connectivity index (χ0n) is 12.1. The molecule has 0 saturated heterocycles. The molecule has 2 N–H and O–H groups in total. The van der Waals surface area contributed by atoms with Gasteiger partial charge in [-0.15, -0.1) is 0 Å². The van der Waals surface area contributed by atoms with E-state index < -0.39 is 0 Å². The van der Waals surface area contributed by atoms with Crippen LogP contribution in [0, 0.1) is 0 Å². The van der Waals surface area contributed by atoms with E-state index in [-0.39, 0.29) is 18.5 Å². The van der Waals surface area contributed by atoms with Gasteiger partial charge in [0, 0.05) is 25.0 Å². The summed E-state index contributed by atoms with van der Waals surface area (Å²) in [7, 11) is 0. The fourth-order valence-electron chi connectivity index (χ4n) is 1.91. The molecule has 1 atom stereocenters. The van der Waals surface area contributed by atoms with Crippen molar-refractivity contribution in [1.82, 2.24) is 15.6 Å². The van der Waals surface area contributed by atoms with Gasteiger partial charge in [-0.1, -0.05) is 35.3 Å². The number of rotatable bonds is 6. The van der Waals surface area contributed by atoms with Gasteiger partial charge >= 0.3 is 0 Å². The van der Waals surface area contributed by atoms with Crippen LogP contribution in [0.5, 0.6) is 0 Å². The van der Waals surface area contributed by atoms with E-state index in [4.69, 9.17) is 23.2 Å². The Morgan fingerprint density at radius 3 is 2.77 bits per heavy atom. The SMILES string of the molecule is C[C@@H](NCC(=O)NCc1cccnc1)c1ccc(Cl)c(Cl)c1. The Morgan fingerprint density at radius 2 is 2.09 bits per heavy atom. The van der Waals surface area contributed by atoms with Gasteiger partial charge < -0.3 is 10.6 Å². The summed E-state index contributed by atoms with van der Waals surface area (Å²) in [5, 5.41) is 7.02. The van der Waals surface area contributed by atoms with E-state index in [1.165, 1.54) is 0 Å². The number of nitrogens with zero attached hydrogens (tertiary/aromatic N) is 1. The normalized spacial score (nSPS) is 12.0. The first-order valence-electron chi connectivity index (χ1n) is 6.90. The monoisotopic (exact) mass is 337 g/mol. The molecule has 0 radical (unpaired) electrons. The van der Waals surface area contributed by atoms with Crippen molar-refractivity contribution >= 4 is 29.1 Å². The topological polar surface area (TPSA) is 54.0 Å². The minimum absolute atomic E-state index is 0.00101. The molecular formula is C16H17Cl2N3O. The number of halogens is 2. The van der Waals surface area contributed by atoms with Crippen molar-refractivity contribution < 1.29 is 4.79 Å². The highest BCUT2D eigenvalue weighted by atomic mass is 35.5. The fourth-order valence-corrected chi connectivity index (χ4v) is 2.22. The molecule has 1 amide bonds. The predicted octanol–water partition coefficient (Wildman–Crippen LogP) is 3.36. The average Bonchev–Trinajstić information content (AvgIpc) is 2.54. The summed E-state index contributed by atoms with van der Waals surface area (Å²) in [6.45, 7) is 2.66. The van der Waals surface area contributed by atoms with E-state index in [0.29, 0.717) is 16.6 Å². The van der Waals surface area contributed by atoms with Crippen LogP contribution in [0.4, 0.5) is 0 Å². The predicted molar refractivity (Wildman–Crippen MR) is 89.0 cm³/mol. The molecule has 2 rings (SSSR count). The Kier molecular flexibility index (Phi) is 6.19. The molecule has 1 aromatic heterocycles. The average molecular weight is 338 g/mol. The number of carbonyl (C=O) groups is 1. The van der Waals surface area contributed by atoms with Crippen LogP contribution in [0.25, 0.3) is 0 Å². The Bertz CT molecular complexity index is 635. The van der Waals surface area contributed by atoms with Crippen LogP contribution in [-0.2, 0) is 11.3 Å². The largest absolute Gasteiger partial charge is 0.351 e. The van der Waals surface area contributed by atoms with Crippen LogP contribution in [0.2, 0.25) is 10.0 Å². The molecular weight excluding hydrogens is 321 g/mol. The lowest BCUT2D eigenvalue weighted by atomic mass is 10.1. The van der Waals surface area contributed by atoms with Crippen molar-refractivity contribution in [3.63, 3.8) is 0 Å². The number of amides is 1. The lowest BCUT2D eigenvalue weighted by molar-refractivity contribution is -0.120. The molecule has 0 bridgehead atoms. The summed E-state index contributed by atoms with van der Waals surface area (Å²) in [6, 6.07) is 9.19. The van der Waals surface area contributed by atoms with Crippen molar-refractivity contribution in [1.29, 1.82) is 0 Å². The van der Waals surface area contributed by atoms with E-state index in [2.05, 4.69) is 15.6 Å². The molecule has 22 heavy (non-hydrogen) atoms. The Balaban J connectivity index is 1.79. The molecule has 1 heterocycles. The van der Waals surface area contributed by atoms with Crippen LogP contribution in [0.3, 0.4) is 0 Å². The standard InChI is InChI=1S/C16H17Cl2N3O/c1-11(13-4-5-14(17)15(18)7-13)20-10-16(22)21-9-12-3-2-6-19-8-12/h2-8,11,20H,9-10H2,1H3,(H,21,22)/t11-/m1/s1. The van der Waals surface area contributed by atoms with Gasteiger partial charge in [0.25, 0.3) is 0 Å². The van der Waals surface area contributed by atoms with Gasteiger partial charge in [0.2, 0.25) is 5.91 Å². The van der Waals surface area contributed by atoms with E-state index in [9.17, 15) is 4.79 Å². The molecule has 0 aliphatic carbocycles. The molecule has 0 unspecified atom stereocenters. The number of aromatic nitrogens is 1. The maximum Gasteiger partial charge on any atom is 0.234 e. The number of hydrogen-bond donors (Lipinski definition) is 2. The van der Waals surface area contributed by atoms with E-state index in [1.807, 2.05) is 25.1 Å². The van der Waals surface area contributed by atoms with Gasteiger partial charge in [-0.3, -0.25) is 9.78 Å². The fraction of sp³-hybridized carbons (Fsp3) is 0.250. The highest BCUT2D eigenvalue weighted by molar-refractivity contribution is 6.42. The highest BCUT2D eigenvalue weighted by Gasteiger charge is 2.09. The first kappa shape index (κ1) is 16.7. The van der Waals surface area contributed by atoms with E-state index in [1.54, 1.807) is 24.5 Å². The van der Waals surface area contributed by atoms with Crippen molar-refractivity contribution in [2.75, 3.05) is 6.54 Å². The summed E-state index contributed by atoms with van der Waals surface area (Å²) < 4.78 is 0. The molecule has 4 nitrogen and oxygen atoms in total. The van der Waals surface area contributed by atoms with Crippen molar-refractivity contribution in [3.05, 3.63) is 63.9 Å². The second-order valence-electron chi connectivity index (χ2n) is 4.91. The molecule has 2 aromatic rings. The van der Waals surface area contributed by atoms with Crippen LogP contribution < -0.4 is 10.6 Å². The number of hydrogen-bond acceptors (Lipinski definition) is 3. The maximum absolute atomic E-state index is 11.8. The van der Waals surface area contributed by atoms with Gasteiger partial charge in [0.1, 0.15) is 0 Å². The smallest absolute Gasteiger partial charge is 0.234 e. The molecule has 0 aliphatic heterocycles. The Morgan fingerprint density at radius 1 is 1.27 bits per heavy atom. The Labute approximate surface area is 139 Å². The third kappa shape index (κ3) is 4.98. The van der Waals surface area contributed by atoms with Gasteiger partial charge in [-0.05, 0) is 36.2 Å². The van der Waals surface area contributed by atoms with Crippen LogP contribution >= 0.6 is 23.2 Å². The van der Waals surface area contributed by atoms with E-state index >= 15 is 0 Å². The Hall–Kier alpha value is -1.62. The van der Waals surface area contributed by atoms with Crippen LogP contribution in [0.15, 0.2) is 42.7 Å². The minimum atomic E-state index is -0.0734. The van der Waals surface area contributed by atoms with Gasteiger partial charge in [-0.2, -0.15) is 0 Å². The second-order valence-corrected chi connectivity index (χ2v) is 5.73. The molecule has 0 aliphatic rings. The summed E-state index contributed by atoms with van der Waals surface area (Å²) >= 11 is 11.9. The minimum Gasteiger partial charge on any atom is -0.351 e. The maximum atomic E-state index is 11.8. The molecule has 0 saturated carbocycles. The summed E-state index contributed by atoms with van der Waals surface area (Å²) in [5.41, 5.74) is 1.95. The van der Waals surface area contributed by atoms with Crippen molar-refractivity contribution in [2.45, 2.75) is 19.5 Å². The molecule has 1 aromatic carbocycles. The first-order valence-corrected chi connectivity index (χ1v) is 7.66. The zero-order chi connectivity index (χ0) is 15.9. The quantitative estimate of drug-likeness (QED) is 0.849. The van der Waals surface area contributed by atoms with Crippen LogP contribution in [-0.4, -0.2) is 17.4 Å². The third-order valence-electron chi connectivity index (χ3n) is 3.22. The van der Waals surface area contributed by atoms with Crippen LogP contribution in [0.1, 0.15) is 24.1 Å². The number of carbonyl (C=O) groups excluding carboxylic acids is 1. The number of benzene rings is 1.